The molecule has 0 unspecified atom stereocenters. The fourth-order valence-electron chi connectivity index (χ4n) is 7.52. The van der Waals surface area contributed by atoms with Crippen molar-refractivity contribution in [3.63, 3.8) is 0 Å². The number of nitrogens with zero attached hydrogens (tertiary/aromatic N) is 1. The predicted molar refractivity (Wildman–Crippen MR) is 145 cm³/mol. The van der Waals surface area contributed by atoms with E-state index < -0.39 is 5.97 Å². The van der Waals surface area contributed by atoms with Crippen LogP contribution in [0.25, 0.3) is 0 Å². The van der Waals surface area contributed by atoms with Crippen molar-refractivity contribution in [2.45, 2.75) is 36.5 Å². The zero-order valence-electron chi connectivity index (χ0n) is 20.9. The van der Waals surface area contributed by atoms with E-state index >= 15 is 0 Å². The Hall–Kier alpha value is -3.17. The number of thioether (sulfide) groups is 1. The third kappa shape index (κ3) is 3.27. The first kappa shape index (κ1) is 23.9. The number of nitrogens with one attached hydrogen (secondary N) is 1. The molecule has 3 aromatic rings. The van der Waals surface area contributed by atoms with Gasteiger partial charge in [-0.3, -0.25) is 19.3 Å². The SMILES string of the molecule is CCOC(=O)c1ccc(N2C(=O)[C@H]3[C@@H]4C[C@H]([C@@H]3C2=O)[C@H]2[C@@H](c3ccccc3C)c3sc(=O)[nH]c3S[C@H]42)cc1. The Morgan fingerprint density at radius 1 is 1.03 bits per heavy atom. The maximum Gasteiger partial charge on any atom is 0.338 e. The lowest BCUT2D eigenvalue weighted by Gasteiger charge is -2.43. The van der Waals surface area contributed by atoms with Crippen LogP contribution in [-0.4, -0.2) is 34.6 Å². The molecule has 7 nitrogen and oxygen atoms in total. The van der Waals surface area contributed by atoms with Crippen LogP contribution >= 0.6 is 23.1 Å². The number of fused-ring (bicyclic) bond motifs is 9. The van der Waals surface area contributed by atoms with Crippen LogP contribution in [-0.2, 0) is 14.3 Å². The first-order chi connectivity index (χ1) is 18.4. The van der Waals surface area contributed by atoms with Crippen molar-refractivity contribution in [1.82, 2.24) is 4.98 Å². The summed E-state index contributed by atoms with van der Waals surface area (Å²) in [4.78, 5) is 57.6. The van der Waals surface area contributed by atoms with E-state index in [-0.39, 0.29) is 64.1 Å². The van der Waals surface area contributed by atoms with Gasteiger partial charge in [0, 0.05) is 16.0 Å². The third-order valence-corrected chi connectivity index (χ3v) is 11.5. The van der Waals surface area contributed by atoms with Gasteiger partial charge >= 0.3 is 10.8 Å². The number of benzene rings is 2. The third-order valence-electron chi connectivity index (χ3n) is 8.88. The number of amides is 2. The second-order valence-electron chi connectivity index (χ2n) is 10.6. The van der Waals surface area contributed by atoms with E-state index in [4.69, 9.17) is 4.74 Å². The molecule has 0 spiro atoms. The van der Waals surface area contributed by atoms with Crippen LogP contribution < -0.4 is 9.77 Å². The minimum atomic E-state index is -0.429. The summed E-state index contributed by atoms with van der Waals surface area (Å²) in [5, 5.41) is 1.08. The van der Waals surface area contributed by atoms with E-state index in [1.165, 1.54) is 27.4 Å². The fourth-order valence-corrected chi connectivity index (χ4v) is 10.4. The number of H-pyrrole nitrogens is 1. The average Bonchev–Trinajstić information content (AvgIpc) is 3.64. The second-order valence-corrected chi connectivity index (χ2v) is 12.8. The largest absolute Gasteiger partial charge is 0.462 e. The van der Waals surface area contributed by atoms with Gasteiger partial charge in [0.2, 0.25) is 11.8 Å². The van der Waals surface area contributed by atoms with Gasteiger partial charge in [0.05, 0.1) is 34.7 Å². The van der Waals surface area contributed by atoms with E-state index in [1.54, 1.807) is 43.0 Å². The van der Waals surface area contributed by atoms with Crippen LogP contribution in [0.5, 0.6) is 0 Å². The molecular weight excluding hydrogens is 520 g/mol. The number of imide groups is 1. The van der Waals surface area contributed by atoms with Crippen molar-refractivity contribution < 1.29 is 19.1 Å². The molecule has 3 heterocycles. The molecule has 1 N–H and O–H groups in total. The van der Waals surface area contributed by atoms with E-state index in [0.29, 0.717) is 11.3 Å². The lowest BCUT2D eigenvalue weighted by atomic mass is 9.67. The summed E-state index contributed by atoms with van der Waals surface area (Å²) in [6, 6.07) is 14.8. The van der Waals surface area contributed by atoms with Crippen molar-refractivity contribution in [3.8, 4) is 0 Å². The number of hydrogen-bond acceptors (Lipinski definition) is 7. The molecule has 1 aromatic heterocycles. The molecule has 38 heavy (non-hydrogen) atoms. The number of anilines is 1. The summed E-state index contributed by atoms with van der Waals surface area (Å²) in [7, 11) is 0. The summed E-state index contributed by atoms with van der Waals surface area (Å²) in [5.41, 5.74) is 3.26. The molecule has 2 aromatic carbocycles. The Morgan fingerprint density at radius 3 is 2.45 bits per heavy atom. The summed E-state index contributed by atoms with van der Waals surface area (Å²) >= 11 is 2.97. The van der Waals surface area contributed by atoms with E-state index in [2.05, 4.69) is 24.0 Å². The van der Waals surface area contributed by atoms with Crippen molar-refractivity contribution in [1.29, 1.82) is 0 Å². The van der Waals surface area contributed by atoms with Crippen LogP contribution in [0, 0.1) is 36.5 Å². The predicted octanol–water partition coefficient (Wildman–Crippen LogP) is 4.60. The molecule has 2 bridgehead atoms. The van der Waals surface area contributed by atoms with Gasteiger partial charge in [0.15, 0.2) is 0 Å². The van der Waals surface area contributed by atoms with E-state index in [1.807, 2.05) is 12.1 Å². The number of aromatic amines is 1. The minimum absolute atomic E-state index is 0.0261. The Bertz CT molecular complexity index is 1540. The van der Waals surface area contributed by atoms with Crippen LogP contribution in [0.2, 0.25) is 0 Å². The van der Waals surface area contributed by atoms with Crippen molar-refractivity contribution in [2.75, 3.05) is 11.5 Å². The number of ether oxygens (including phenoxy) is 1. The zero-order valence-corrected chi connectivity index (χ0v) is 22.5. The molecule has 2 aliphatic heterocycles. The van der Waals surface area contributed by atoms with Gasteiger partial charge in [0.25, 0.3) is 0 Å². The van der Waals surface area contributed by atoms with Crippen molar-refractivity contribution in [3.05, 3.63) is 79.8 Å². The molecule has 9 heteroatoms. The maximum atomic E-state index is 13.9. The van der Waals surface area contributed by atoms with Crippen LogP contribution in [0.4, 0.5) is 5.69 Å². The highest BCUT2D eigenvalue weighted by atomic mass is 32.2. The van der Waals surface area contributed by atoms with Crippen LogP contribution in [0.3, 0.4) is 0 Å². The Balaban J connectivity index is 1.26. The molecule has 3 fully saturated rings. The number of hydrogen-bond donors (Lipinski definition) is 1. The summed E-state index contributed by atoms with van der Waals surface area (Å²) in [6.07, 6.45) is 0.854. The molecule has 0 radical (unpaired) electrons. The number of esters is 1. The lowest BCUT2D eigenvalue weighted by Crippen LogP contribution is -2.42. The topological polar surface area (TPSA) is 96.5 Å². The normalized spacial score (nSPS) is 30.8. The fraction of sp³-hybridized carbons (Fsp3) is 0.379. The highest BCUT2D eigenvalue weighted by molar-refractivity contribution is 8.00. The van der Waals surface area contributed by atoms with Crippen molar-refractivity contribution >= 4 is 46.6 Å². The number of rotatable bonds is 4. The summed E-state index contributed by atoms with van der Waals surface area (Å²) in [5.74, 6) is -1.09. The highest BCUT2D eigenvalue weighted by Gasteiger charge is 2.69. The number of aryl methyl sites for hydroxylation is 1. The average molecular weight is 547 g/mol. The molecule has 2 amide bonds. The smallest absolute Gasteiger partial charge is 0.338 e. The van der Waals surface area contributed by atoms with Crippen LogP contribution in [0.1, 0.15) is 45.6 Å². The highest BCUT2D eigenvalue weighted by Crippen LogP contribution is 2.68. The second kappa shape index (κ2) is 8.68. The van der Waals surface area contributed by atoms with Crippen molar-refractivity contribution in [2.24, 2.45) is 29.6 Å². The van der Waals surface area contributed by atoms with Gasteiger partial charge in [-0.05, 0) is 73.4 Å². The van der Waals surface area contributed by atoms with Crippen LogP contribution in [0.15, 0.2) is 58.4 Å². The molecule has 194 valence electrons. The number of carbonyl (C=O) groups is 3. The number of carbonyl (C=O) groups excluding carboxylic acids is 3. The standard InChI is InChI=1S/C29H26N2O5S2/c1-3-36-28(34)14-8-10-15(11-9-14)31-26(32)21-17-12-18(22(21)27(31)33)23-20(17)19(16-7-5-4-6-13(16)2)24-25(37-23)30-29(35)38-24/h4-11,17-23H,3,12H2,1-2H3,(H,30,35)/t17-,18-,19+,20-,21-,22-,23+/m0/s1. The Kier molecular flexibility index (Phi) is 5.46. The maximum absolute atomic E-state index is 13.9. The molecule has 7 atom stereocenters. The number of thiazole rings is 1. The number of aromatic nitrogens is 1. The Labute approximate surface area is 227 Å². The molecule has 1 saturated heterocycles. The van der Waals surface area contributed by atoms with Gasteiger partial charge < -0.3 is 9.72 Å². The monoisotopic (exact) mass is 546 g/mol. The molecule has 2 aliphatic carbocycles. The van der Waals surface area contributed by atoms with Gasteiger partial charge in [0.1, 0.15) is 0 Å². The molecular formula is C29H26N2O5S2. The van der Waals surface area contributed by atoms with Gasteiger partial charge in [-0.2, -0.15) is 0 Å². The molecule has 2 saturated carbocycles. The van der Waals surface area contributed by atoms with Gasteiger partial charge in [-0.25, -0.2) is 4.79 Å². The first-order valence-electron chi connectivity index (χ1n) is 13.0. The summed E-state index contributed by atoms with van der Waals surface area (Å²) < 4.78 is 5.06. The molecule has 7 rings (SSSR count). The minimum Gasteiger partial charge on any atom is -0.462 e. The quantitative estimate of drug-likeness (QED) is 0.380. The Morgan fingerprint density at radius 2 is 1.74 bits per heavy atom. The van der Waals surface area contributed by atoms with Gasteiger partial charge in [-0.1, -0.05) is 35.6 Å². The van der Waals surface area contributed by atoms with E-state index in [9.17, 15) is 19.2 Å². The van der Waals surface area contributed by atoms with Gasteiger partial charge in [-0.15, -0.1) is 11.8 Å². The zero-order chi connectivity index (χ0) is 26.3. The lowest BCUT2D eigenvalue weighted by molar-refractivity contribution is -0.123. The first-order valence-corrected chi connectivity index (χ1v) is 14.7. The molecule has 4 aliphatic rings. The van der Waals surface area contributed by atoms with E-state index in [0.717, 1.165) is 16.3 Å². The summed E-state index contributed by atoms with van der Waals surface area (Å²) in [6.45, 7) is 4.13.